The third kappa shape index (κ3) is 2.75. The maximum atomic E-state index is 4.44. The highest BCUT2D eigenvalue weighted by Crippen LogP contribution is 2.38. The fourth-order valence-corrected chi connectivity index (χ4v) is 3.03. The Hall–Kier alpha value is -1.67. The van der Waals surface area contributed by atoms with Crippen LogP contribution >= 0.6 is 0 Å². The third-order valence-corrected chi connectivity index (χ3v) is 4.44. The number of pyridine rings is 1. The molecule has 1 saturated carbocycles. The van der Waals surface area contributed by atoms with Gasteiger partial charge in [0.25, 0.3) is 0 Å². The third-order valence-electron chi connectivity index (χ3n) is 4.44. The molecule has 0 aliphatic heterocycles. The van der Waals surface area contributed by atoms with Gasteiger partial charge >= 0.3 is 0 Å². The summed E-state index contributed by atoms with van der Waals surface area (Å²) in [6.45, 7) is 5.23. The smallest absolute Gasteiger partial charge is 0.0570 e. The molecular formula is C18H22N2. The molecule has 0 spiro atoms. The van der Waals surface area contributed by atoms with Crippen LogP contribution in [-0.4, -0.2) is 11.0 Å². The first-order valence-electron chi connectivity index (χ1n) is 7.43. The predicted molar refractivity (Wildman–Crippen MR) is 82.8 cm³/mol. The van der Waals surface area contributed by atoms with Gasteiger partial charge in [-0.1, -0.05) is 30.3 Å². The molecule has 1 aliphatic rings. The van der Waals surface area contributed by atoms with E-state index in [1.54, 1.807) is 0 Å². The summed E-state index contributed by atoms with van der Waals surface area (Å²) in [6.07, 6.45) is 4.37. The molecule has 3 rings (SSSR count). The first-order valence-corrected chi connectivity index (χ1v) is 7.43. The lowest BCUT2D eigenvalue weighted by Gasteiger charge is -2.37. The number of nitrogens with zero attached hydrogens (tertiary/aromatic N) is 1. The molecule has 0 saturated heterocycles. The molecule has 1 aromatic heterocycles. The van der Waals surface area contributed by atoms with Gasteiger partial charge < -0.3 is 5.32 Å². The second-order valence-corrected chi connectivity index (χ2v) is 5.87. The summed E-state index contributed by atoms with van der Waals surface area (Å²) in [7, 11) is 0. The van der Waals surface area contributed by atoms with E-state index in [0.29, 0.717) is 6.04 Å². The van der Waals surface area contributed by atoms with Gasteiger partial charge in [0.05, 0.1) is 5.69 Å². The molecular weight excluding hydrogens is 244 g/mol. The van der Waals surface area contributed by atoms with Crippen LogP contribution in [0.1, 0.15) is 41.1 Å². The van der Waals surface area contributed by atoms with Crippen LogP contribution in [0.3, 0.4) is 0 Å². The van der Waals surface area contributed by atoms with E-state index in [4.69, 9.17) is 0 Å². The van der Waals surface area contributed by atoms with Crippen molar-refractivity contribution in [2.45, 2.75) is 45.2 Å². The van der Waals surface area contributed by atoms with Crippen molar-refractivity contribution < 1.29 is 0 Å². The van der Waals surface area contributed by atoms with E-state index in [9.17, 15) is 0 Å². The Balaban J connectivity index is 1.52. The average Bonchev–Trinajstić information content (AvgIpc) is 2.41. The second-order valence-electron chi connectivity index (χ2n) is 5.87. The van der Waals surface area contributed by atoms with Gasteiger partial charge in [-0.2, -0.15) is 0 Å². The standard InChI is InChI=1S/C18H22N2/c1-13-6-3-4-8-17(13)15-10-16(11-15)20-12-18-14(2)7-5-9-19-18/h3-9,15-16,20H,10-12H2,1-2H3. The van der Waals surface area contributed by atoms with Crippen molar-refractivity contribution in [1.29, 1.82) is 0 Å². The summed E-state index contributed by atoms with van der Waals surface area (Å²) in [5.74, 6) is 0.735. The summed E-state index contributed by atoms with van der Waals surface area (Å²) in [5.41, 5.74) is 5.40. The highest BCUT2D eigenvalue weighted by molar-refractivity contribution is 5.31. The molecule has 1 N–H and O–H groups in total. The molecule has 0 unspecified atom stereocenters. The molecule has 1 aliphatic carbocycles. The highest BCUT2D eigenvalue weighted by Gasteiger charge is 2.30. The molecule has 2 aromatic rings. The quantitative estimate of drug-likeness (QED) is 0.912. The molecule has 1 aromatic carbocycles. The van der Waals surface area contributed by atoms with Crippen LogP contribution in [0.4, 0.5) is 0 Å². The fourth-order valence-electron chi connectivity index (χ4n) is 3.03. The molecule has 1 heterocycles. The minimum absolute atomic E-state index is 0.640. The molecule has 20 heavy (non-hydrogen) atoms. The van der Waals surface area contributed by atoms with Crippen molar-refractivity contribution in [3.63, 3.8) is 0 Å². The molecule has 2 nitrogen and oxygen atoms in total. The molecule has 1 fully saturated rings. The van der Waals surface area contributed by atoms with Crippen LogP contribution in [0.15, 0.2) is 42.6 Å². The number of hydrogen-bond acceptors (Lipinski definition) is 2. The molecule has 2 heteroatoms. The number of benzene rings is 1. The van der Waals surface area contributed by atoms with E-state index in [0.717, 1.165) is 12.5 Å². The van der Waals surface area contributed by atoms with E-state index in [1.165, 1.54) is 35.2 Å². The second kappa shape index (κ2) is 5.76. The first-order chi connectivity index (χ1) is 9.74. The summed E-state index contributed by atoms with van der Waals surface area (Å²) < 4.78 is 0. The van der Waals surface area contributed by atoms with Gasteiger partial charge in [-0.05, 0) is 55.4 Å². The molecule has 0 bridgehead atoms. The van der Waals surface area contributed by atoms with Crippen LogP contribution in [0, 0.1) is 13.8 Å². The molecule has 0 atom stereocenters. The van der Waals surface area contributed by atoms with Gasteiger partial charge in [0.15, 0.2) is 0 Å². The van der Waals surface area contributed by atoms with E-state index < -0.39 is 0 Å². The Morgan fingerprint density at radius 2 is 1.80 bits per heavy atom. The van der Waals surface area contributed by atoms with Crippen molar-refractivity contribution in [1.82, 2.24) is 10.3 Å². The Morgan fingerprint density at radius 3 is 2.55 bits per heavy atom. The molecule has 104 valence electrons. The lowest BCUT2D eigenvalue weighted by atomic mass is 9.74. The zero-order chi connectivity index (χ0) is 13.9. The molecule has 0 radical (unpaired) electrons. The Labute approximate surface area is 121 Å². The Bertz CT molecular complexity index is 583. The number of nitrogens with one attached hydrogen (secondary N) is 1. The number of rotatable bonds is 4. The number of aromatic nitrogens is 1. The van der Waals surface area contributed by atoms with E-state index in [2.05, 4.69) is 54.5 Å². The Kier molecular flexibility index (Phi) is 3.83. The topological polar surface area (TPSA) is 24.9 Å². The van der Waals surface area contributed by atoms with Crippen LogP contribution in [-0.2, 0) is 6.54 Å². The predicted octanol–water partition coefficient (Wildman–Crippen LogP) is 3.73. The highest BCUT2D eigenvalue weighted by atomic mass is 14.9. The Morgan fingerprint density at radius 1 is 1.05 bits per heavy atom. The normalized spacial score (nSPS) is 21.5. The largest absolute Gasteiger partial charge is 0.308 e. The zero-order valence-electron chi connectivity index (χ0n) is 12.3. The maximum Gasteiger partial charge on any atom is 0.0570 e. The van der Waals surface area contributed by atoms with Crippen LogP contribution < -0.4 is 5.32 Å². The fraction of sp³-hybridized carbons (Fsp3) is 0.389. The zero-order valence-corrected chi connectivity index (χ0v) is 12.3. The summed E-state index contributed by atoms with van der Waals surface area (Å²) in [5, 5.41) is 3.63. The monoisotopic (exact) mass is 266 g/mol. The van der Waals surface area contributed by atoms with Crippen molar-refractivity contribution in [3.05, 3.63) is 65.0 Å². The lowest BCUT2D eigenvalue weighted by Crippen LogP contribution is -2.40. The minimum atomic E-state index is 0.640. The maximum absolute atomic E-state index is 4.44. The van der Waals surface area contributed by atoms with Gasteiger partial charge in [0.1, 0.15) is 0 Å². The van der Waals surface area contributed by atoms with E-state index >= 15 is 0 Å². The van der Waals surface area contributed by atoms with Gasteiger partial charge in [0, 0.05) is 18.8 Å². The van der Waals surface area contributed by atoms with Crippen LogP contribution in [0.2, 0.25) is 0 Å². The van der Waals surface area contributed by atoms with Gasteiger partial charge in [0.2, 0.25) is 0 Å². The van der Waals surface area contributed by atoms with Crippen molar-refractivity contribution >= 4 is 0 Å². The summed E-state index contributed by atoms with van der Waals surface area (Å²) in [6, 6.07) is 13.5. The van der Waals surface area contributed by atoms with Gasteiger partial charge in [-0.25, -0.2) is 0 Å². The number of hydrogen-bond donors (Lipinski definition) is 1. The minimum Gasteiger partial charge on any atom is -0.308 e. The van der Waals surface area contributed by atoms with Crippen LogP contribution in [0.5, 0.6) is 0 Å². The van der Waals surface area contributed by atoms with Gasteiger partial charge in [-0.3, -0.25) is 4.98 Å². The van der Waals surface area contributed by atoms with Crippen molar-refractivity contribution in [2.75, 3.05) is 0 Å². The number of aryl methyl sites for hydroxylation is 2. The average molecular weight is 266 g/mol. The van der Waals surface area contributed by atoms with Gasteiger partial charge in [-0.15, -0.1) is 0 Å². The summed E-state index contributed by atoms with van der Waals surface area (Å²) in [4.78, 5) is 4.44. The van der Waals surface area contributed by atoms with E-state index in [-0.39, 0.29) is 0 Å². The first kappa shape index (κ1) is 13.3. The SMILES string of the molecule is Cc1ccccc1C1CC(NCc2ncccc2C)C1. The van der Waals surface area contributed by atoms with Crippen LogP contribution in [0.25, 0.3) is 0 Å². The van der Waals surface area contributed by atoms with Crippen molar-refractivity contribution in [3.8, 4) is 0 Å². The molecule has 0 amide bonds. The lowest BCUT2D eigenvalue weighted by molar-refractivity contribution is 0.288. The summed E-state index contributed by atoms with van der Waals surface area (Å²) >= 11 is 0. The van der Waals surface area contributed by atoms with Crippen molar-refractivity contribution in [2.24, 2.45) is 0 Å². The van der Waals surface area contributed by atoms with E-state index in [1.807, 2.05) is 12.3 Å².